The fourth-order valence-electron chi connectivity index (χ4n) is 4.56. The molecule has 1 saturated carbocycles. The van der Waals surface area contributed by atoms with Gasteiger partial charge in [0.05, 0.1) is 29.8 Å². The molecule has 1 aliphatic rings. The van der Waals surface area contributed by atoms with E-state index in [1.54, 1.807) is 14.2 Å². The highest BCUT2D eigenvalue weighted by Gasteiger charge is 2.30. The fraction of sp³-hybridized carbons (Fsp3) is 0.419. The number of pyridine rings is 1. The molecule has 1 aliphatic carbocycles. The number of ether oxygens (including phenoxy) is 3. The summed E-state index contributed by atoms with van der Waals surface area (Å²) in [4.78, 5) is 17.4. The lowest BCUT2D eigenvalue weighted by molar-refractivity contribution is -0.158. The van der Waals surface area contributed by atoms with E-state index >= 15 is 0 Å². The van der Waals surface area contributed by atoms with Gasteiger partial charge >= 0.3 is 5.97 Å². The Labute approximate surface area is 218 Å². The third-order valence-corrected chi connectivity index (χ3v) is 6.48. The van der Waals surface area contributed by atoms with Crippen LogP contribution in [0.3, 0.4) is 0 Å². The molecule has 0 aliphatic heterocycles. The molecule has 6 heteroatoms. The number of hydrogen-bond donors (Lipinski definition) is 0. The quantitative estimate of drug-likeness (QED) is 0.276. The van der Waals surface area contributed by atoms with E-state index in [1.165, 1.54) is 12.1 Å². The van der Waals surface area contributed by atoms with Crippen molar-refractivity contribution < 1.29 is 23.4 Å². The molecule has 0 spiro atoms. The first-order valence-electron chi connectivity index (χ1n) is 12.8. The van der Waals surface area contributed by atoms with Crippen LogP contribution in [0.2, 0.25) is 0 Å². The van der Waals surface area contributed by atoms with Crippen LogP contribution in [-0.2, 0) is 19.0 Å². The second-order valence-electron chi connectivity index (χ2n) is 10.6. The van der Waals surface area contributed by atoms with Crippen molar-refractivity contribution in [3.8, 4) is 11.1 Å². The van der Waals surface area contributed by atoms with Crippen molar-refractivity contribution in [3.63, 3.8) is 0 Å². The summed E-state index contributed by atoms with van der Waals surface area (Å²) in [7, 11) is 3.24. The zero-order chi connectivity index (χ0) is 26.6. The maximum Gasteiger partial charge on any atom is 0.308 e. The maximum absolute atomic E-state index is 13.8. The van der Waals surface area contributed by atoms with Gasteiger partial charge in [-0.15, -0.1) is 0 Å². The van der Waals surface area contributed by atoms with Gasteiger partial charge < -0.3 is 14.2 Å². The van der Waals surface area contributed by atoms with Gasteiger partial charge in [-0.1, -0.05) is 42.5 Å². The lowest BCUT2D eigenvalue weighted by atomic mass is 9.92. The normalized spacial score (nSPS) is 15.7. The Morgan fingerprint density at radius 1 is 1.08 bits per heavy atom. The SMILES string of the molecule is CO[C@@H](CC(=O)OC(C)(C)C)C[C@@H](/C=C/c1c(C2CC2)nc2ccccc2c1-c1ccc(F)cc1)OC. The first-order valence-corrected chi connectivity index (χ1v) is 12.8. The number of rotatable bonds is 10. The molecule has 0 saturated heterocycles. The second-order valence-corrected chi connectivity index (χ2v) is 10.6. The predicted octanol–water partition coefficient (Wildman–Crippen LogP) is 7.08. The standard InChI is InChI=1S/C31H36FNO4/c1-31(2,3)37-28(34)19-24(36-5)18-23(35-4)16-17-26-29(20-12-14-22(32)15-13-20)25-8-6-7-9-27(25)33-30(26)21-10-11-21/h6-9,12-17,21,23-24H,10-11,18-19H2,1-5H3/b17-16+/t23-,24-/m1/s1. The number of para-hydroxylation sites is 1. The van der Waals surface area contributed by atoms with E-state index in [9.17, 15) is 9.18 Å². The molecule has 2 atom stereocenters. The van der Waals surface area contributed by atoms with Gasteiger partial charge in [0.25, 0.3) is 0 Å². The third kappa shape index (κ3) is 7.02. The van der Waals surface area contributed by atoms with Crippen molar-refractivity contribution in [1.82, 2.24) is 4.98 Å². The van der Waals surface area contributed by atoms with Crippen molar-refractivity contribution in [3.05, 3.63) is 71.7 Å². The van der Waals surface area contributed by atoms with E-state index in [0.29, 0.717) is 12.3 Å². The predicted molar refractivity (Wildman–Crippen MR) is 145 cm³/mol. The molecule has 0 N–H and O–H groups in total. The maximum atomic E-state index is 13.8. The van der Waals surface area contributed by atoms with Gasteiger partial charge in [-0.05, 0) is 57.4 Å². The van der Waals surface area contributed by atoms with Crippen LogP contribution < -0.4 is 0 Å². The average molecular weight is 506 g/mol. The van der Waals surface area contributed by atoms with E-state index in [4.69, 9.17) is 19.2 Å². The molecule has 3 aromatic rings. The van der Waals surface area contributed by atoms with E-state index in [2.05, 4.69) is 12.1 Å². The van der Waals surface area contributed by atoms with Crippen LogP contribution in [0.15, 0.2) is 54.6 Å². The number of benzene rings is 2. The van der Waals surface area contributed by atoms with Gasteiger partial charge in [0.2, 0.25) is 0 Å². The number of nitrogens with zero attached hydrogens (tertiary/aromatic N) is 1. The Kier molecular flexibility index (Phi) is 8.40. The van der Waals surface area contributed by atoms with Gasteiger partial charge in [-0.25, -0.2) is 4.39 Å². The molecule has 0 bridgehead atoms. The Balaban J connectivity index is 1.68. The van der Waals surface area contributed by atoms with Crippen molar-refractivity contribution in [2.75, 3.05) is 14.2 Å². The Morgan fingerprint density at radius 3 is 2.41 bits per heavy atom. The summed E-state index contributed by atoms with van der Waals surface area (Å²) >= 11 is 0. The van der Waals surface area contributed by atoms with Gasteiger partial charge in [-0.2, -0.15) is 0 Å². The second kappa shape index (κ2) is 11.5. The number of esters is 1. The number of carbonyl (C=O) groups excluding carboxylic acids is 1. The van der Waals surface area contributed by atoms with E-state index in [0.717, 1.165) is 46.1 Å². The van der Waals surface area contributed by atoms with Gasteiger partial charge in [-0.3, -0.25) is 9.78 Å². The summed E-state index contributed by atoms with van der Waals surface area (Å²) in [6, 6.07) is 14.7. The molecule has 0 radical (unpaired) electrons. The number of fused-ring (bicyclic) bond motifs is 1. The Bertz CT molecular complexity index is 1260. The van der Waals surface area contributed by atoms with Crippen LogP contribution in [0, 0.1) is 5.82 Å². The van der Waals surface area contributed by atoms with Crippen molar-refractivity contribution in [1.29, 1.82) is 0 Å². The summed E-state index contributed by atoms with van der Waals surface area (Å²) in [5.74, 6) is -0.161. The molecule has 1 fully saturated rings. The van der Waals surface area contributed by atoms with Crippen LogP contribution in [0.5, 0.6) is 0 Å². The fourth-order valence-corrected chi connectivity index (χ4v) is 4.56. The van der Waals surface area contributed by atoms with Crippen LogP contribution in [-0.4, -0.2) is 43.0 Å². The zero-order valence-electron chi connectivity index (χ0n) is 22.3. The molecule has 37 heavy (non-hydrogen) atoms. The van der Waals surface area contributed by atoms with Crippen LogP contribution in [0.4, 0.5) is 4.39 Å². The number of aromatic nitrogens is 1. The zero-order valence-corrected chi connectivity index (χ0v) is 22.3. The van der Waals surface area contributed by atoms with Crippen molar-refractivity contribution >= 4 is 22.9 Å². The molecular weight excluding hydrogens is 469 g/mol. The Hall–Kier alpha value is -3.09. The van der Waals surface area contributed by atoms with Crippen LogP contribution >= 0.6 is 0 Å². The third-order valence-electron chi connectivity index (χ3n) is 6.48. The molecule has 5 nitrogen and oxygen atoms in total. The molecule has 1 aromatic heterocycles. The summed E-state index contributed by atoms with van der Waals surface area (Å²) in [6.45, 7) is 5.55. The highest BCUT2D eigenvalue weighted by molar-refractivity contribution is 5.99. The lowest BCUT2D eigenvalue weighted by Crippen LogP contribution is -2.29. The molecule has 4 rings (SSSR count). The monoisotopic (exact) mass is 505 g/mol. The molecular formula is C31H36FNO4. The summed E-state index contributed by atoms with van der Waals surface area (Å²) in [5, 5.41) is 1.02. The molecule has 0 unspecified atom stereocenters. The minimum Gasteiger partial charge on any atom is -0.460 e. The van der Waals surface area contributed by atoms with Crippen molar-refractivity contribution in [2.24, 2.45) is 0 Å². The van der Waals surface area contributed by atoms with E-state index < -0.39 is 5.60 Å². The smallest absolute Gasteiger partial charge is 0.308 e. The molecule has 1 heterocycles. The molecule has 2 aromatic carbocycles. The number of hydrogen-bond acceptors (Lipinski definition) is 5. The molecule has 196 valence electrons. The lowest BCUT2D eigenvalue weighted by Gasteiger charge is -2.23. The van der Waals surface area contributed by atoms with E-state index in [-0.39, 0.29) is 30.4 Å². The number of halogens is 1. The number of carbonyl (C=O) groups is 1. The van der Waals surface area contributed by atoms with Gasteiger partial charge in [0.1, 0.15) is 11.4 Å². The molecule has 0 amide bonds. The van der Waals surface area contributed by atoms with Gasteiger partial charge in [0, 0.05) is 43.1 Å². The highest BCUT2D eigenvalue weighted by atomic mass is 19.1. The largest absolute Gasteiger partial charge is 0.460 e. The minimum absolute atomic E-state index is 0.146. The number of methoxy groups -OCH3 is 2. The minimum atomic E-state index is -0.547. The topological polar surface area (TPSA) is 57.7 Å². The highest BCUT2D eigenvalue weighted by Crippen LogP contribution is 2.45. The summed E-state index contributed by atoms with van der Waals surface area (Å²) in [5.41, 5.74) is 4.44. The first-order chi connectivity index (χ1) is 17.7. The van der Waals surface area contributed by atoms with Crippen molar-refractivity contribution in [2.45, 2.75) is 70.2 Å². The first kappa shape index (κ1) is 27.0. The summed E-state index contributed by atoms with van der Waals surface area (Å²) in [6.07, 6.45) is 6.29. The summed E-state index contributed by atoms with van der Waals surface area (Å²) < 4.78 is 30.6. The Morgan fingerprint density at radius 2 is 1.78 bits per heavy atom. The van der Waals surface area contributed by atoms with Gasteiger partial charge in [0.15, 0.2) is 0 Å². The average Bonchev–Trinajstić information content (AvgIpc) is 3.70. The van der Waals surface area contributed by atoms with Crippen LogP contribution in [0.25, 0.3) is 28.1 Å². The van der Waals surface area contributed by atoms with Crippen LogP contribution in [0.1, 0.15) is 63.6 Å². The van der Waals surface area contributed by atoms with E-state index in [1.807, 2.05) is 57.2 Å².